The van der Waals surface area contributed by atoms with Gasteiger partial charge in [0.1, 0.15) is 16.9 Å². The van der Waals surface area contributed by atoms with E-state index in [4.69, 9.17) is 0 Å². The monoisotopic (exact) mass is 366 g/mol. The Kier molecular flexibility index (Phi) is 4.18. The molecule has 1 atom stereocenters. The first-order chi connectivity index (χ1) is 12.8. The molecule has 1 aliphatic rings. The summed E-state index contributed by atoms with van der Waals surface area (Å²) in [6.45, 7) is 8.09. The number of hydrogen-bond donors (Lipinski definition) is 2. The lowest BCUT2D eigenvalue weighted by Crippen LogP contribution is -2.17. The highest BCUT2D eigenvalue weighted by Gasteiger charge is 2.36. The molecule has 1 aromatic carbocycles. The molecular weight excluding hydrogens is 340 g/mol. The van der Waals surface area contributed by atoms with Gasteiger partial charge in [0.15, 0.2) is 5.65 Å². The summed E-state index contributed by atoms with van der Waals surface area (Å²) in [4.78, 5) is 19.7. The lowest BCUT2D eigenvalue weighted by molar-refractivity contribution is 0.275. The van der Waals surface area contributed by atoms with Gasteiger partial charge in [0.05, 0.1) is 12.6 Å². The van der Waals surface area contributed by atoms with Crippen molar-refractivity contribution in [2.24, 2.45) is 5.92 Å². The molecule has 0 spiro atoms. The molecule has 0 saturated heterocycles. The number of aromatic amines is 1. The van der Waals surface area contributed by atoms with E-state index in [9.17, 15) is 9.90 Å². The predicted molar refractivity (Wildman–Crippen MR) is 105 cm³/mol. The molecule has 1 saturated carbocycles. The number of nitrogens with zero attached hydrogens (tertiary/aromatic N) is 3. The van der Waals surface area contributed by atoms with Crippen LogP contribution in [0.2, 0.25) is 0 Å². The maximum absolute atomic E-state index is 12.4. The van der Waals surface area contributed by atoms with Gasteiger partial charge in [0, 0.05) is 0 Å². The van der Waals surface area contributed by atoms with Crippen LogP contribution < -0.4 is 5.56 Å². The molecule has 0 aliphatic heterocycles. The van der Waals surface area contributed by atoms with Gasteiger partial charge in [0.25, 0.3) is 5.56 Å². The van der Waals surface area contributed by atoms with E-state index in [1.807, 2.05) is 4.68 Å². The predicted octanol–water partition coefficient (Wildman–Crippen LogP) is 3.22. The van der Waals surface area contributed by atoms with Crippen molar-refractivity contribution in [3.8, 4) is 0 Å². The van der Waals surface area contributed by atoms with Gasteiger partial charge in [-0.25, -0.2) is 9.67 Å². The topological polar surface area (TPSA) is 83.8 Å². The fourth-order valence-corrected chi connectivity index (χ4v) is 3.73. The SMILES string of the molecule is Cc1nc2c(c(CO)nn2[C@@H](c2ccc(C(C)(C)C)cc2)C2CC2)c(=O)[nH]1. The van der Waals surface area contributed by atoms with E-state index < -0.39 is 0 Å². The van der Waals surface area contributed by atoms with Crippen LogP contribution in [0.1, 0.15) is 62.3 Å². The number of aliphatic hydroxyl groups is 1. The Morgan fingerprint density at radius 3 is 2.48 bits per heavy atom. The van der Waals surface area contributed by atoms with Gasteiger partial charge in [-0.05, 0) is 42.2 Å². The van der Waals surface area contributed by atoms with Gasteiger partial charge in [-0.15, -0.1) is 0 Å². The first-order valence-electron chi connectivity index (χ1n) is 9.49. The van der Waals surface area contributed by atoms with Crippen LogP contribution in [0.15, 0.2) is 29.1 Å². The molecule has 3 aromatic rings. The molecule has 0 unspecified atom stereocenters. The summed E-state index contributed by atoms with van der Waals surface area (Å²) in [6.07, 6.45) is 2.26. The van der Waals surface area contributed by atoms with Crippen LogP contribution in [-0.2, 0) is 12.0 Å². The number of aromatic nitrogens is 4. The fraction of sp³-hybridized carbons (Fsp3) is 0.476. The van der Waals surface area contributed by atoms with Crippen LogP contribution in [0.4, 0.5) is 0 Å². The van der Waals surface area contributed by atoms with E-state index in [1.54, 1.807) is 6.92 Å². The van der Waals surface area contributed by atoms with Gasteiger partial charge < -0.3 is 10.1 Å². The quantitative estimate of drug-likeness (QED) is 0.743. The largest absolute Gasteiger partial charge is 0.390 e. The number of aryl methyl sites for hydroxylation is 1. The second-order valence-corrected chi connectivity index (χ2v) is 8.55. The molecule has 27 heavy (non-hydrogen) atoms. The number of H-pyrrole nitrogens is 1. The maximum atomic E-state index is 12.4. The van der Waals surface area contributed by atoms with Crippen molar-refractivity contribution in [1.82, 2.24) is 19.7 Å². The van der Waals surface area contributed by atoms with Crippen LogP contribution >= 0.6 is 0 Å². The van der Waals surface area contributed by atoms with E-state index in [1.165, 1.54) is 11.1 Å². The van der Waals surface area contributed by atoms with Crippen molar-refractivity contribution in [2.75, 3.05) is 0 Å². The summed E-state index contributed by atoms with van der Waals surface area (Å²) in [7, 11) is 0. The molecule has 1 aliphatic carbocycles. The number of nitrogens with one attached hydrogen (secondary N) is 1. The van der Waals surface area contributed by atoms with Crippen LogP contribution in [0.3, 0.4) is 0 Å². The highest BCUT2D eigenvalue weighted by molar-refractivity contribution is 5.77. The Bertz CT molecular complexity index is 1040. The summed E-state index contributed by atoms with van der Waals surface area (Å²) in [5.41, 5.74) is 3.24. The Labute approximate surface area is 158 Å². The molecule has 2 aromatic heterocycles. The fourth-order valence-electron chi connectivity index (χ4n) is 3.73. The van der Waals surface area contributed by atoms with Gasteiger partial charge in [0.2, 0.25) is 0 Å². The van der Waals surface area contributed by atoms with Crippen LogP contribution in [0.25, 0.3) is 11.0 Å². The van der Waals surface area contributed by atoms with Gasteiger partial charge in [-0.3, -0.25) is 4.79 Å². The van der Waals surface area contributed by atoms with E-state index >= 15 is 0 Å². The number of rotatable bonds is 4. The molecule has 2 heterocycles. The lowest BCUT2D eigenvalue weighted by atomic mass is 9.86. The zero-order valence-corrected chi connectivity index (χ0v) is 16.3. The first-order valence-corrected chi connectivity index (χ1v) is 9.49. The van der Waals surface area contributed by atoms with Crippen LogP contribution in [0.5, 0.6) is 0 Å². The summed E-state index contributed by atoms with van der Waals surface area (Å²) in [6, 6.07) is 8.70. The molecular formula is C21H26N4O2. The zero-order valence-electron chi connectivity index (χ0n) is 16.3. The van der Waals surface area contributed by atoms with E-state index in [2.05, 4.69) is 60.1 Å². The Hall–Kier alpha value is -2.47. The third kappa shape index (κ3) is 3.18. The van der Waals surface area contributed by atoms with E-state index in [0.29, 0.717) is 28.5 Å². The van der Waals surface area contributed by atoms with Crippen molar-refractivity contribution >= 4 is 11.0 Å². The standard InChI is InChI=1S/C21H26N4O2/c1-12-22-19-17(20(27)23-12)16(11-26)24-25(19)18(13-5-6-13)14-7-9-15(10-8-14)21(2,3)4/h7-10,13,18,26H,5-6,11H2,1-4H3,(H,22,23,27)/t18-/m1/s1. The molecule has 0 radical (unpaired) electrons. The van der Waals surface area contributed by atoms with Crippen molar-refractivity contribution in [3.63, 3.8) is 0 Å². The average molecular weight is 366 g/mol. The average Bonchev–Trinajstić information content (AvgIpc) is 3.36. The Morgan fingerprint density at radius 1 is 1.26 bits per heavy atom. The van der Waals surface area contributed by atoms with Crippen molar-refractivity contribution < 1.29 is 5.11 Å². The third-order valence-corrected chi connectivity index (χ3v) is 5.35. The van der Waals surface area contributed by atoms with Crippen molar-refractivity contribution in [2.45, 2.75) is 58.6 Å². The van der Waals surface area contributed by atoms with Crippen LogP contribution in [0, 0.1) is 12.8 Å². The number of fused-ring (bicyclic) bond motifs is 1. The number of hydrogen-bond acceptors (Lipinski definition) is 4. The van der Waals surface area contributed by atoms with Gasteiger partial charge in [-0.2, -0.15) is 5.10 Å². The third-order valence-electron chi connectivity index (χ3n) is 5.35. The van der Waals surface area contributed by atoms with Crippen molar-refractivity contribution in [1.29, 1.82) is 0 Å². The smallest absolute Gasteiger partial charge is 0.262 e. The maximum Gasteiger partial charge on any atom is 0.262 e. The summed E-state index contributed by atoms with van der Waals surface area (Å²) in [5.74, 6) is 1.03. The molecule has 6 heteroatoms. The minimum Gasteiger partial charge on any atom is -0.390 e. The van der Waals surface area contributed by atoms with Gasteiger partial charge in [-0.1, -0.05) is 45.0 Å². The Morgan fingerprint density at radius 2 is 1.93 bits per heavy atom. The zero-order chi connectivity index (χ0) is 19.3. The molecule has 6 nitrogen and oxygen atoms in total. The minimum atomic E-state index is -0.280. The van der Waals surface area contributed by atoms with E-state index in [-0.39, 0.29) is 23.6 Å². The summed E-state index contributed by atoms with van der Waals surface area (Å²) < 4.78 is 1.85. The van der Waals surface area contributed by atoms with Crippen LogP contribution in [-0.4, -0.2) is 24.9 Å². The molecule has 2 N–H and O–H groups in total. The highest BCUT2D eigenvalue weighted by Crippen LogP contribution is 2.44. The molecule has 0 amide bonds. The molecule has 1 fully saturated rings. The van der Waals surface area contributed by atoms with Crippen molar-refractivity contribution in [3.05, 3.63) is 57.3 Å². The minimum absolute atomic E-state index is 0.0236. The molecule has 142 valence electrons. The Balaban J connectivity index is 1.88. The first kappa shape index (κ1) is 17.9. The number of benzene rings is 1. The molecule has 0 bridgehead atoms. The lowest BCUT2D eigenvalue weighted by Gasteiger charge is -2.22. The normalized spacial score (nSPS) is 16.0. The molecule has 4 rings (SSSR count). The summed E-state index contributed by atoms with van der Waals surface area (Å²) >= 11 is 0. The summed E-state index contributed by atoms with van der Waals surface area (Å²) in [5, 5.41) is 14.7. The second kappa shape index (κ2) is 6.30. The number of aliphatic hydroxyl groups excluding tert-OH is 1. The second-order valence-electron chi connectivity index (χ2n) is 8.55. The van der Waals surface area contributed by atoms with Gasteiger partial charge >= 0.3 is 0 Å². The highest BCUT2D eigenvalue weighted by atomic mass is 16.3. The van der Waals surface area contributed by atoms with E-state index in [0.717, 1.165) is 12.8 Å².